The first-order valence-electron chi connectivity index (χ1n) is 15.1. The minimum absolute atomic E-state index is 0.0223. The second-order valence-corrected chi connectivity index (χ2v) is 12.2. The number of hydrogen-bond donors (Lipinski definition) is 3. The molecule has 3 N–H and O–H groups in total. The van der Waals surface area contributed by atoms with E-state index < -0.39 is 66.4 Å². The summed E-state index contributed by atoms with van der Waals surface area (Å²) in [6.45, 7) is 7.68. The average Bonchev–Trinajstić information content (AvgIpc) is 2.88. The van der Waals surface area contributed by atoms with Gasteiger partial charge in [0, 0.05) is 33.5 Å². The highest BCUT2D eigenvalue weighted by atomic mass is 16.7. The molecule has 3 rings (SSSR count). The standard InChI is InChI=1S/C31H52O10/c1-7-8-9-10-11-12-15-30(4)18-24(32)20(2)13-14-22-16-23(17-31(35,40-22)19-25(33)41-30)39-29-28(37-6)26(34)27(36-5)21(3)38-29/h8-11,20-24,26-29,32,34-35H,7,12-19H2,1-6H3/b9-8+,11-10+/t20-,21+,22+,23-,24-,26-,27+,28-,29+,30-,31+/m1/s1. The summed E-state index contributed by atoms with van der Waals surface area (Å²) < 4.78 is 35.3. The van der Waals surface area contributed by atoms with E-state index in [4.69, 9.17) is 28.4 Å². The molecule has 0 radical (unpaired) electrons. The Morgan fingerprint density at radius 3 is 2.44 bits per heavy atom. The Labute approximate surface area is 245 Å². The predicted molar refractivity (Wildman–Crippen MR) is 152 cm³/mol. The third-order valence-corrected chi connectivity index (χ3v) is 8.56. The number of aliphatic hydroxyl groups is 3. The molecule has 0 unspecified atom stereocenters. The molecule has 0 amide bonds. The summed E-state index contributed by atoms with van der Waals surface area (Å²) in [5.74, 6) is -2.47. The van der Waals surface area contributed by atoms with Crippen LogP contribution in [0.4, 0.5) is 0 Å². The SMILES string of the molecule is CC/C=C/C=C/CC[C@]1(C)C[C@@H](O)[C@H](C)CC[C@H]2C[C@@H](O[C@@H]3O[C@@H](C)[C@H](OC)[C@@H](O)[C@H]3OC)C[C@@](O)(CC(=O)O1)O2. The molecule has 41 heavy (non-hydrogen) atoms. The molecule has 236 valence electrons. The van der Waals surface area contributed by atoms with Gasteiger partial charge in [-0.05, 0) is 51.9 Å². The van der Waals surface area contributed by atoms with Crippen molar-refractivity contribution in [3.8, 4) is 0 Å². The van der Waals surface area contributed by atoms with Crippen LogP contribution in [-0.2, 0) is 33.2 Å². The molecular weight excluding hydrogens is 532 g/mol. The quantitative estimate of drug-likeness (QED) is 0.273. The van der Waals surface area contributed by atoms with Crippen molar-refractivity contribution in [2.24, 2.45) is 5.92 Å². The highest BCUT2D eigenvalue weighted by Crippen LogP contribution is 2.38. The number of rotatable bonds is 9. The molecule has 0 spiro atoms. The van der Waals surface area contributed by atoms with E-state index in [1.165, 1.54) is 14.2 Å². The Kier molecular flexibility index (Phi) is 12.8. The smallest absolute Gasteiger partial charge is 0.311 e. The molecule has 0 aliphatic carbocycles. The van der Waals surface area contributed by atoms with Gasteiger partial charge in [-0.1, -0.05) is 38.2 Å². The van der Waals surface area contributed by atoms with Crippen LogP contribution < -0.4 is 0 Å². The van der Waals surface area contributed by atoms with Gasteiger partial charge in [-0.3, -0.25) is 4.79 Å². The maximum absolute atomic E-state index is 13.2. The van der Waals surface area contributed by atoms with Gasteiger partial charge in [0.1, 0.15) is 23.9 Å². The van der Waals surface area contributed by atoms with Crippen LogP contribution in [-0.4, -0.2) is 95.9 Å². The maximum Gasteiger partial charge on any atom is 0.311 e. The number of carbonyl (C=O) groups excluding carboxylic acids is 1. The fraction of sp³-hybridized carbons (Fsp3) is 0.839. The molecule has 11 atom stereocenters. The van der Waals surface area contributed by atoms with Crippen LogP contribution in [0, 0.1) is 5.92 Å². The lowest BCUT2D eigenvalue weighted by Gasteiger charge is -2.46. The highest BCUT2D eigenvalue weighted by molar-refractivity contribution is 5.71. The van der Waals surface area contributed by atoms with Gasteiger partial charge < -0.3 is 43.7 Å². The van der Waals surface area contributed by atoms with E-state index >= 15 is 0 Å². The van der Waals surface area contributed by atoms with E-state index in [0.29, 0.717) is 38.5 Å². The van der Waals surface area contributed by atoms with Crippen LogP contribution in [0.2, 0.25) is 0 Å². The topological polar surface area (TPSA) is 133 Å². The number of esters is 1. The molecule has 10 nitrogen and oxygen atoms in total. The summed E-state index contributed by atoms with van der Waals surface area (Å²) in [4.78, 5) is 13.2. The second kappa shape index (κ2) is 15.4. The molecule has 0 aromatic heterocycles. The molecule has 3 heterocycles. The summed E-state index contributed by atoms with van der Waals surface area (Å²) in [6, 6.07) is 0. The van der Waals surface area contributed by atoms with Crippen molar-refractivity contribution in [1.29, 1.82) is 0 Å². The van der Waals surface area contributed by atoms with Gasteiger partial charge in [0.05, 0.1) is 30.8 Å². The van der Waals surface area contributed by atoms with Gasteiger partial charge in [0.25, 0.3) is 0 Å². The Morgan fingerprint density at radius 1 is 1.05 bits per heavy atom. The summed E-state index contributed by atoms with van der Waals surface area (Å²) >= 11 is 0. The Morgan fingerprint density at radius 2 is 1.76 bits per heavy atom. The lowest BCUT2D eigenvalue weighted by atomic mass is 9.84. The molecule has 3 saturated heterocycles. The number of methoxy groups -OCH3 is 2. The van der Waals surface area contributed by atoms with E-state index in [0.717, 1.165) is 6.42 Å². The number of fused-ring (bicyclic) bond motifs is 2. The predicted octanol–water partition coefficient (Wildman–Crippen LogP) is 3.55. The average molecular weight is 585 g/mol. The molecule has 3 fully saturated rings. The summed E-state index contributed by atoms with van der Waals surface area (Å²) in [6.07, 6.45) is 6.53. The van der Waals surface area contributed by atoms with E-state index in [1.54, 1.807) is 6.92 Å². The third kappa shape index (κ3) is 9.56. The van der Waals surface area contributed by atoms with E-state index in [1.807, 2.05) is 32.1 Å². The van der Waals surface area contributed by atoms with Crippen molar-refractivity contribution < 1.29 is 48.5 Å². The largest absolute Gasteiger partial charge is 0.459 e. The molecule has 2 bridgehead atoms. The van der Waals surface area contributed by atoms with Crippen molar-refractivity contribution in [2.45, 2.75) is 146 Å². The number of hydrogen-bond acceptors (Lipinski definition) is 10. The van der Waals surface area contributed by atoms with Crippen LogP contribution in [0.5, 0.6) is 0 Å². The maximum atomic E-state index is 13.2. The van der Waals surface area contributed by atoms with E-state index in [9.17, 15) is 20.1 Å². The van der Waals surface area contributed by atoms with Crippen molar-refractivity contribution in [1.82, 2.24) is 0 Å². The van der Waals surface area contributed by atoms with Crippen LogP contribution >= 0.6 is 0 Å². The van der Waals surface area contributed by atoms with Crippen molar-refractivity contribution in [3.63, 3.8) is 0 Å². The van der Waals surface area contributed by atoms with E-state index in [2.05, 4.69) is 13.0 Å². The lowest BCUT2D eigenvalue weighted by molar-refractivity contribution is -0.337. The number of cyclic esters (lactones) is 1. The van der Waals surface area contributed by atoms with Gasteiger partial charge in [0.15, 0.2) is 12.1 Å². The van der Waals surface area contributed by atoms with Gasteiger partial charge in [-0.2, -0.15) is 0 Å². The van der Waals surface area contributed by atoms with Crippen LogP contribution in [0.25, 0.3) is 0 Å². The van der Waals surface area contributed by atoms with E-state index in [-0.39, 0.29) is 18.8 Å². The van der Waals surface area contributed by atoms with Gasteiger partial charge >= 0.3 is 5.97 Å². The number of ether oxygens (including phenoxy) is 6. The van der Waals surface area contributed by atoms with Crippen molar-refractivity contribution in [2.75, 3.05) is 14.2 Å². The van der Waals surface area contributed by atoms with Crippen molar-refractivity contribution >= 4 is 5.97 Å². The molecule has 3 aliphatic heterocycles. The van der Waals surface area contributed by atoms with Crippen molar-refractivity contribution in [3.05, 3.63) is 24.3 Å². The normalized spacial score (nSPS) is 43.0. The van der Waals surface area contributed by atoms with Crippen LogP contribution in [0.3, 0.4) is 0 Å². The molecular formula is C31H52O10. The minimum Gasteiger partial charge on any atom is -0.459 e. The van der Waals surface area contributed by atoms with Gasteiger partial charge in [-0.25, -0.2) is 0 Å². The lowest BCUT2D eigenvalue weighted by Crippen LogP contribution is -2.60. The van der Waals surface area contributed by atoms with Crippen LogP contribution in [0.1, 0.15) is 85.5 Å². The Bertz CT molecular complexity index is 879. The first-order chi connectivity index (χ1) is 19.4. The zero-order valence-electron chi connectivity index (χ0n) is 25.6. The highest BCUT2D eigenvalue weighted by Gasteiger charge is 2.49. The monoisotopic (exact) mass is 584 g/mol. The number of carbonyl (C=O) groups is 1. The Hall–Kier alpha value is -1.37. The Balaban J connectivity index is 1.75. The fourth-order valence-electron chi connectivity index (χ4n) is 6.20. The molecule has 10 heteroatoms. The first kappa shape index (κ1) is 34.1. The molecule has 0 aromatic rings. The summed E-state index contributed by atoms with van der Waals surface area (Å²) in [5, 5.41) is 33.4. The minimum atomic E-state index is -1.80. The number of aliphatic hydroxyl groups excluding tert-OH is 2. The van der Waals surface area contributed by atoms with Crippen LogP contribution in [0.15, 0.2) is 24.3 Å². The first-order valence-corrected chi connectivity index (χ1v) is 15.1. The van der Waals surface area contributed by atoms with Gasteiger partial charge in [0.2, 0.25) is 0 Å². The molecule has 0 saturated carbocycles. The summed E-state index contributed by atoms with van der Waals surface area (Å²) in [5.41, 5.74) is -0.908. The zero-order chi connectivity index (χ0) is 30.2. The molecule has 0 aromatic carbocycles. The zero-order valence-corrected chi connectivity index (χ0v) is 25.6. The number of allylic oxidation sites excluding steroid dienone is 4. The van der Waals surface area contributed by atoms with Gasteiger partial charge in [-0.15, -0.1) is 0 Å². The molecule has 3 aliphatic rings. The third-order valence-electron chi connectivity index (χ3n) is 8.56. The second-order valence-electron chi connectivity index (χ2n) is 12.2. The fourth-order valence-corrected chi connectivity index (χ4v) is 6.20. The summed E-state index contributed by atoms with van der Waals surface area (Å²) in [7, 11) is 2.97.